The van der Waals surface area contributed by atoms with E-state index in [1.807, 2.05) is 5.38 Å². The van der Waals surface area contributed by atoms with E-state index >= 15 is 0 Å². The first kappa shape index (κ1) is 10.1. The highest BCUT2D eigenvalue weighted by Crippen LogP contribution is 2.35. The summed E-state index contributed by atoms with van der Waals surface area (Å²) in [5.41, 5.74) is 1.07. The second-order valence-electron chi connectivity index (χ2n) is 4.44. The fraction of sp³-hybridized carbons (Fsp3) is 0.385. The Hall–Kier alpha value is -1.09. The quantitative estimate of drug-likeness (QED) is 0.721. The van der Waals surface area contributed by atoms with E-state index in [2.05, 4.69) is 17.9 Å². The minimum absolute atomic E-state index is 0.121. The summed E-state index contributed by atoms with van der Waals surface area (Å²) in [7, 11) is 0. The minimum Gasteiger partial charge on any atom is -0.368 e. The summed E-state index contributed by atoms with van der Waals surface area (Å²) in [5.74, 6) is -0.121. The normalized spacial score (nSPS) is 20.9. The zero-order chi connectivity index (χ0) is 11.1. The number of benzene rings is 1. The highest BCUT2D eigenvalue weighted by atomic mass is 32.1. The maximum absolute atomic E-state index is 13.5. The maximum atomic E-state index is 13.5. The number of rotatable bonds is 1. The molecule has 0 amide bonds. The van der Waals surface area contributed by atoms with Crippen molar-refractivity contribution in [1.29, 1.82) is 0 Å². The molecule has 2 heterocycles. The van der Waals surface area contributed by atoms with Crippen LogP contribution in [0.3, 0.4) is 0 Å². The van der Waals surface area contributed by atoms with Gasteiger partial charge in [-0.1, -0.05) is 0 Å². The molecule has 16 heavy (non-hydrogen) atoms. The van der Waals surface area contributed by atoms with E-state index in [9.17, 15) is 4.39 Å². The van der Waals surface area contributed by atoms with Gasteiger partial charge in [0.25, 0.3) is 0 Å². The van der Waals surface area contributed by atoms with Crippen molar-refractivity contribution < 1.29 is 4.39 Å². The Bertz CT molecular complexity index is 520. The summed E-state index contributed by atoms with van der Waals surface area (Å²) in [5, 5.41) is 3.23. The second kappa shape index (κ2) is 3.74. The molecule has 1 aromatic heterocycles. The summed E-state index contributed by atoms with van der Waals surface area (Å²) >= 11 is 1.61. The SMILES string of the molecule is CC1CCCN1c1cc(F)cc2sccc12. The Morgan fingerprint density at radius 1 is 1.44 bits per heavy atom. The van der Waals surface area contributed by atoms with Crippen LogP contribution in [0.25, 0.3) is 10.1 Å². The predicted molar refractivity (Wildman–Crippen MR) is 67.8 cm³/mol. The topological polar surface area (TPSA) is 3.24 Å². The van der Waals surface area contributed by atoms with Gasteiger partial charge < -0.3 is 4.90 Å². The van der Waals surface area contributed by atoms with Gasteiger partial charge in [-0.2, -0.15) is 0 Å². The van der Waals surface area contributed by atoms with Gasteiger partial charge in [0.2, 0.25) is 0 Å². The van der Waals surface area contributed by atoms with Gasteiger partial charge in [-0.3, -0.25) is 0 Å². The zero-order valence-corrected chi connectivity index (χ0v) is 10.1. The number of thiophene rings is 1. The lowest BCUT2D eigenvalue weighted by molar-refractivity contribution is 0.628. The molecule has 3 rings (SSSR count). The van der Waals surface area contributed by atoms with E-state index in [0.717, 1.165) is 16.9 Å². The average molecular weight is 235 g/mol. The summed E-state index contributed by atoms with van der Waals surface area (Å²) in [4.78, 5) is 2.33. The van der Waals surface area contributed by atoms with Crippen LogP contribution in [0.2, 0.25) is 0 Å². The largest absolute Gasteiger partial charge is 0.368 e. The lowest BCUT2D eigenvalue weighted by atomic mass is 10.2. The van der Waals surface area contributed by atoms with Gasteiger partial charge in [0.15, 0.2) is 0 Å². The molecule has 0 radical (unpaired) electrons. The van der Waals surface area contributed by atoms with Crippen LogP contribution < -0.4 is 4.90 Å². The molecule has 3 heteroatoms. The maximum Gasteiger partial charge on any atom is 0.126 e. The standard InChI is InChI=1S/C13H14FNS/c1-9-3-2-5-15(9)12-7-10(14)8-13-11(12)4-6-16-13/h4,6-9H,2-3,5H2,1H3. The van der Waals surface area contributed by atoms with Crippen molar-refractivity contribution in [1.82, 2.24) is 0 Å². The van der Waals surface area contributed by atoms with Crippen LogP contribution in [-0.2, 0) is 0 Å². The van der Waals surface area contributed by atoms with Crippen LogP contribution in [0.5, 0.6) is 0 Å². The van der Waals surface area contributed by atoms with Gasteiger partial charge >= 0.3 is 0 Å². The molecule has 1 unspecified atom stereocenters. The van der Waals surface area contributed by atoms with Crippen molar-refractivity contribution >= 4 is 27.1 Å². The van der Waals surface area contributed by atoms with E-state index in [1.165, 1.54) is 18.2 Å². The average Bonchev–Trinajstić information content (AvgIpc) is 2.84. The van der Waals surface area contributed by atoms with Gasteiger partial charge in [-0.25, -0.2) is 4.39 Å². The molecule has 0 aliphatic carbocycles. The molecule has 1 saturated heterocycles. The molecule has 0 spiro atoms. The number of hydrogen-bond donors (Lipinski definition) is 0. The number of hydrogen-bond acceptors (Lipinski definition) is 2. The van der Waals surface area contributed by atoms with Crippen LogP contribution in [0, 0.1) is 5.82 Å². The van der Waals surface area contributed by atoms with Crippen LogP contribution in [0.4, 0.5) is 10.1 Å². The number of nitrogens with zero attached hydrogens (tertiary/aromatic N) is 1. The molecule has 1 nitrogen and oxygen atoms in total. The van der Waals surface area contributed by atoms with Gasteiger partial charge in [0.1, 0.15) is 5.82 Å². The Balaban J connectivity index is 2.17. The van der Waals surface area contributed by atoms with Crippen molar-refractivity contribution in [2.45, 2.75) is 25.8 Å². The minimum atomic E-state index is -0.121. The Morgan fingerprint density at radius 3 is 3.06 bits per heavy atom. The van der Waals surface area contributed by atoms with Crippen LogP contribution >= 0.6 is 11.3 Å². The first-order valence-corrected chi connectivity index (χ1v) is 6.57. The molecule has 84 valence electrons. The summed E-state index contributed by atoms with van der Waals surface area (Å²) in [6, 6.07) is 5.94. The zero-order valence-electron chi connectivity index (χ0n) is 9.24. The second-order valence-corrected chi connectivity index (χ2v) is 5.39. The summed E-state index contributed by atoms with van der Waals surface area (Å²) in [6.45, 7) is 3.27. The van der Waals surface area contributed by atoms with E-state index in [4.69, 9.17) is 0 Å². The third-order valence-corrected chi connectivity index (χ3v) is 4.24. The predicted octanol–water partition coefficient (Wildman–Crippen LogP) is 4.03. The Labute approximate surface area is 98.5 Å². The summed E-state index contributed by atoms with van der Waals surface area (Å²) < 4.78 is 14.6. The third-order valence-electron chi connectivity index (χ3n) is 3.38. The number of fused-ring (bicyclic) bond motifs is 1. The van der Waals surface area contributed by atoms with Crippen molar-refractivity contribution in [3.05, 3.63) is 29.4 Å². The van der Waals surface area contributed by atoms with Gasteiger partial charge in [0, 0.05) is 28.4 Å². The van der Waals surface area contributed by atoms with E-state index in [0.29, 0.717) is 6.04 Å². The third kappa shape index (κ3) is 1.50. The van der Waals surface area contributed by atoms with Crippen molar-refractivity contribution in [3.8, 4) is 0 Å². The number of anilines is 1. The molecule has 0 saturated carbocycles. The smallest absolute Gasteiger partial charge is 0.126 e. The van der Waals surface area contributed by atoms with Gasteiger partial charge in [0.05, 0.1) is 0 Å². The summed E-state index contributed by atoms with van der Waals surface area (Å²) in [6.07, 6.45) is 2.42. The van der Waals surface area contributed by atoms with Gasteiger partial charge in [-0.05, 0) is 43.3 Å². The lowest BCUT2D eigenvalue weighted by Gasteiger charge is -2.24. The Kier molecular flexibility index (Phi) is 2.36. The van der Waals surface area contributed by atoms with E-state index in [-0.39, 0.29) is 5.82 Å². The molecule has 1 aromatic carbocycles. The fourth-order valence-corrected chi connectivity index (χ4v) is 3.38. The molecule has 0 bridgehead atoms. The molecule has 1 fully saturated rings. The molecule has 0 N–H and O–H groups in total. The number of halogens is 1. The molecule has 1 atom stereocenters. The first-order valence-electron chi connectivity index (χ1n) is 5.69. The molecule has 1 aliphatic rings. The molecule has 1 aliphatic heterocycles. The molecular weight excluding hydrogens is 221 g/mol. The molecule has 2 aromatic rings. The highest BCUT2D eigenvalue weighted by Gasteiger charge is 2.22. The lowest BCUT2D eigenvalue weighted by Crippen LogP contribution is -2.26. The van der Waals surface area contributed by atoms with Gasteiger partial charge in [-0.15, -0.1) is 11.3 Å². The van der Waals surface area contributed by atoms with Crippen LogP contribution in [0.15, 0.2) is 23.6 Å². The van der Waals surface area contributed by atoms with Crippen molar-refractivity contribution in [2.75, 3.05) is 11.4 Å². The first-order chi connectivity index (χ1) is 7.75. The van der Waals surface area contributed by atoms with Crippen molar-refractivity contribution in [3.63, 3.8) is 0 Å². The van der Waals surface area contributed by atoms with Crippen LogP contribution in [0.1, 0.15) is 19.8 Å². The van der Waals surface area contributed by atoms with E-state index in [1.54, 1.807) is 23.5 Å². The Morgan fingerprint density at radius 2 is 2.31 bits per heavy atom. The van der Waals surface area contributed by atoms with Crippen molar-refractivity contribution in [2.24, 2.45) is 0 Å². The van der Waals surface area contributed by atoms with E-state index < -0.39 is 0 Å². The fourth-order valence-electron chi connectivity index (χ4n) is 2.55. The monoisotopic (exact) mass is 235 g/mol. The highest BCUT2D eigenvalue weighted by molar-refractivity contribution is 7.17. The molecular formula is C13H14FNS. The van der Waals surface area contributed by atoms with Crippen LogP contribution in [-0.4, -0.2) is 12.6 Å².